The van der Waals surface area contributed by atoms with Gasteiger partial charge in [0, 0.05) is 35.2 Å². The molecule has 5 rings (SSSR count). The summed E-state index contributed by atoms with van der Waals surface area (Å²) in [6.45, 7) is 2.43. The predicted molar refractivity (Wildman–Crippen MR) is 161 cm³/mol. The molecule has 0 amide bonds. The van der Waals surface area contributed by atoms with Gasteiger partial charge >= 0.3 is 20.6 Å². The molecule has 1 heterocycles. The van der Waals surface area contributed by atoms with E-state index in [2.05, 4.69) is 21.4 Å². The summed E-state index contributed by atoms with van der Waals surface area (Å²) >= 11 is 12.8. The molecule has 1 aliphatic heterocycles. The van der Waals surface area contributed by atoms with Gasteiger partial charge in [-0.3, -0.25) is 9.11 Å². The summed E-state index contributed by atoms with van der Waals surface area (Å²) in [4.78, 5) is 2.46. The zero-order valence-corrected chi connectivity index (χ0v) is 26.4. The van der Waals surface area contributed by atoms with E-state index in [0.29, 0.717) is 5.92 Å². The maximum atomic E-state index is 10.3. The molecule has 1 saturated heterocycles. The van der Waals surface area contributed by atoms with E-state index in [1.54, 1.807) is 0 Å². The van der Waals surface area contributed by atoms with Crippen molar-refractivity contribution in [1.29, 1.82) is 0 Å². The van der Waals surface area contributed by atoms with Crippen LogP contribution in [0.25, 0.3) is 0 Å². The molecule has 1 aromatic rings. The highest BCUT2D eigenvalue weighted by Gasteiger charge is 2.40. The smallest absolute Gasteiger partial charge is 0.306 e. The highest BCUT2D eigenvalue weighted by molar-refractivity contribution is 7.84. The van der Waals surface area contributed by atoms with E-state index in [9.17, 15) is 16.8 Å². The van der Waals surface area contributed by atoms with Gasteiger partial charge in [0.15, 0.2) is 0 Å². The molecule has 0 unspecified atom stereocenters. The van der Waals surface area contributed by atoms with Crippen molar-refractivity contribution in [3.8, 4) is 0 Å². The average molecular weight is 643 g/mol. The van der Waals surface area contributed by atoms with E-state index in [0.717, 1.165) is 73.2 Å². The quantitative estimate of drug-likeness (QED) is 0.296. The van der Waals surface area contributed by atoms with Gasteiger partial charge in [0.1, 0.15) is 0 Å². The Hall–Kier alpha value is -0.500. The van der Waals surface area contributed by atoms with Crippen LogP contribution >= 0.6 is 23.2 Å². The first-order valence-electron chi connectivity index (χ1n) is 14.4. The molecule has 4 aliphatic rings. The highest BCUT2D eigenvalue weighted by Crippen LogP contribution is 2.48. The van der Waals surface area contributed by atoms with Crippen molar-refractivity contribution in [3.63, 3.8) is 0 Å². The minimum absolute atomic E-state index is 0.0428. The zero-order chi connectivity index (χ0) is 29.3. The van der Waals surface area contributed by atoms with Crippen molar-refractivity contribution >= 4 is 43.8 Å². The van der Waals surface area contributed by atoms with Crippen molar-refractivity contribution in [1.82, 2.24) is 14.3 Å². The Bertz CT molecular complexity index is 1070. The Morgan fingerprint density at radius 3 is 1.65 bits per heavy atom. The molecule has 40 heavy (non-hydrogen) atoms. The van der Waals surface area contributed by atoms with Crippen LogP contribution in [0.2, 0.25) is 10.0 Å². The fourth-order valence-corrected chi connectivity index (χ4v) is 8.77. The normalized spacial score (nSPS) is 26.7. The van der Waals surface area contributed by atoms with Gasteiger partial charge in [-0.05, 0) is 81.0 Å². The molecule has 3 aliphatic carbocycles. The number of halogens is 2. The lowest BCUT2D eigenvalue weighted by atomic mass is 9.71. The Balaban J connectivity index is 0.000000175. The van der Waals surface area contributed by atoms with Gasteiger partial charge in [0.05, 0.1) is 0 Å². The Morgan fingerprint density at radius 2 is 1.20 bits per heavy atom. The first-order valence-corrected chi connectivity index (χ1v) is 18.1. The molecule has 4 fully saturated rings. The first kappa shape index (κ1) is 34.0. The summed E-state index contributed by atoms with van der Waals surface area (Å²) in [5, 5.41) is 1.70. The van der Waals surface area contributed by atoms with Crippen LogP contribution in [0.5, 0.6) is 0 Å². The number of hydrogen-bond donors (Lipinski definition) is 4. The van der Waals surface area contributed by atoms with Gasteiger partial charge in [-0.25, -0.2) is 0 Å². The molecule has 3 atom stereocenters. The van der Waals surface area contributed by atoms with Crippen LogP contribution in [0.3, 0.4) is 0 Å². The maximum Gasteiger partial charge on any atom is 0.333 e. The molecule has 13 heteroatoms. The summed E-state index contributed by atoms with van der Waals surface area (Å²) in [5.74, 6) is 2.12. The third-order valence-corrected chi connectivity index (χ3v) is 10.4. The third kappa shape index (κ3) is 11.6. The molecule has 9 nitrogen and oxygen atoms in total. The molecule has 1 aromatic carbocycles. The summed E-state index contributed by atoms with van der Waals surface area (Å²) < 4.78 is 62.6. The molecule has 0 spiro atoms. The van der Waals surface area contributed by atoms with Crippen molar-refractivity contribution < 1.29 is 25.9 Å². The van der Waals surface area contributed by atoms with Crippen LogP contribution in [-0.4, -0.2) is 63.1 Å². The number of nitrogens with one attached hydrogen (secondary N) is 2. The minimum Gasteiger partial charge on any atom is -0.306 e. The number of fused-ring (bicyclic) bond motifs is 1. The second-order valence-corrected chi connectivity index (χ2v) is 14.9. The second-order valence-electron chi connectivity index (χ2n) is 11.7. The highest BCUT2D eigenvalue weighted by atomic mass is 35.5. The average Bonchev–Trinajstić information content (AvgIpc) is 3.25. The van der Waals surface area contributed by atoms with Crippen molar-refractivity contribution in [2.45, 2.75) is 101 Å². The summed E-state index contributed by atoms with van der Waals surface area (Å²) in [6.07, 6.45) is 13.8. The Kier molecular flexibility index (Phi) is 13.4. The SMILES string of the molecule is CN1C[C@@H]2CCC[C@@H](c3c(Cl)cccc3Cl)[C@@H]2C1.O=S(=O)(O)NC1CCCCC1.O=S(=O)(O)NC1CCCCC1. The van der Waals surface area contributed by atoms with Crippen LogP contribution in [0.4, 0.5) is 0 Å². The number of nitrogens with zero attached hydrogens (tertiary/aromatic N) is 1. The standard InChI is InChI=1S/C15H19Cl2N.2C6H13NO3S/c1-18-8-10-4-2-5-11(12(10)9-18)15-13(16)6-3-7-14(15)17;2*8-11(9,10)7-6-4-2-1-3-5-6/h3,6-7,10-12H,2,4-5,8-9H2,1H3;2*6-7H,1-5H2,(H,8,9,10)/t10-,11+,12+;;/m0../s1. The lowest BCUT2D eigenvalue weighted by molar-refractivity contribution is 0.258. The van der Waals surface area contributed by atoms with Crippen LogP contribution in [0.15, 0.2) is 18.2 Å². The lowest BCUT2D eigenvalue weighted by Crippen LogP contribution is -2.35. The molecule has 4 N–H and O–H groups in total. The van der Waals surface area contributed by atoms with E-state index in [-0.39, 0.29) is 12.1 Å². The lowest BCUT2D eigenvalue weighted by Gasteiger charge is -2.34. The predicted octanol–water partition coefficient (Wildman–Crippen LogP) is 5.86. The summed E-state index contributed by atoms with van der Waals surface area (Å²) in [7, 11) is -5.72. The molecule has 230 valence electrons. The van der Waals surface area contributed by atoms with Crippen LogP contribution in [0, 0.1) is 11.8 Å². The number of benzene rings is 1. The van der Waals surface area contributed by atoms with Crippen molar-refractivity contribution in [2.24, 2.45) is 11.8 Å². The van der Waals surface area contributed by atoms with Crippen LogP contribution < -0.4 is 9.44 Å². The molecule has 0 bridgehead atoms. The van der Waals surface area contributed by atoms with E-state index in [1.807, 2.05) is 18.2 Å². The fraction of sp³-hybridized carbons (Fsp3) is 0.778. The first-order chi connectivity index (χ1) is 18.8. The molecular weight excluding hydrogens is 597 g/mol. The zero-order valence-electron chi connectivity index (χ0n) is 23.3. The molecule has 0 aromatic heterocycles. The van der Waals surface area contributed by atoms with Gasteiger partial charge in [-0.2, -0.15) is 26.3 Å². The number of hydrogen-bond acceptors (Lipinski definition) is 5. The number of likely N-dealkylation sites (tertiary alicyclic amines) is 1. The monoisotopic (exact) mass is 641 g/mol. The van der Waals surface area contributed by atoms with E-state index >= 15 is 0 Å². The van der Waals surface area contributed by atoms with Crippen LogP contribution in [0.1, 0.15) is 95.0 Å². The van der Waals surface area contributed by atoms with Gasteiger partial charge in [0.25, 0.3) is 0 Å². The largest absolute Gasteiger partial charge is 0.333 e. The third-order valence-electron chi connectivity index (χ3n) is 8.49. The fourth-order valence-electron chi connectivity index (χ4n) is 6.78. The Labute approximate surface area is 250 Å². The maximum absolute atomic E-state index is 10.3. The van der Waals surface area contributed by atoms with E-state index in [1.165, 1.54) is 50.8 Å². The summed E-state index contributed by atoms with van der Waals surface area (Å²) in [5.41, 5.74) is 1.20. The van der Waals surface area contributed by atoms with Gasteiger partial charge in [0.2, 0.25) is 0 Å². The number of rotatable bonds is 5. The summed E-state index contributed by atoms with van der Waals surface area (Å²) in [6, 6.07) is 5.81. The van der Waals surface area contributed by atoms with Crippen molar-refractivity contribution in [2.75, 3.05) is 20.1 Å². The second kappa shape index (κ2) is 15.8. The Morgan fingerprint density at radius 1 is 0.725 bits per heavy atom. The van der Waals surface area contributed by atoms with E-state index < -0.39 is 20.6 Å². The minimum atomic E-state index is -3.97. The topological polar surface area (TPSA) is 136 Å². The molecular formula is C27H45Cl2N3O6S2. The van der Waals surface area contributed by atoms with Gasteiger partial charge < -0.3 is 4.90 Å². The van der Waals surface area contributed by atoms with Crippen molar-refractivity contribution in [3.05, 3.63) is 33.8 Å². The van der Waals surface area contributed by atoms with Gasteiger partial charge in [-0.1, -0.05) is 74.2 Å². The van der Waals surface area contributed by atoms with Crippen LogP contribution in [-0.2, 0) is 20.6 Å². The molecule has 0 radical (unpaired) electrons. The molecule has 3 saturated carbocycles. The van der Waals surface area contributed by atoms with Gasteiger partial charge in [-0.15, -0.1) is 0 Å². The van der Waals surface area contributed by atoms with E-state index in [4.69, 9.17) is 32.3 Å².